The minimum absolute atomic E-state index is 0.218. The monoisotopic (exact) mass is 353 g/mol. The van der Waals surface area contributed by atoms with Crippen LogP contribution in [0.5, 0.6) is 5.75 Å². The molecular weight excluding hydrogens is 330 g/mol. The number of hydrogen-bond acceptors (Lipinski definition) is 6. The fraction of sp³-hybridized carbons (Fsp3) is 0.211. The molecule has 2 aromatic carbocycles. The number of nitrogens with one attached hydrogen (secondary N) is 1. The third kappa shape index (κ3) is 5.42. The Morgan fingerprint density at radius 1 is 1.08 bits per heavy atom. The number of aliphatic imine (C=N–C) groups is 1. The molecule has 7 heteroatoms. The van der Waals surface area contributed by atoms with Gasteiger partial charge in [0, 0.05) is 19.8 Å². The summed E-state index contributed by atoms with van der Waals surface area (Å²) >= 11 is 0. The molecule has 0 aliphatic heterocycles. The minimum Gasteiger partial charge on any atom is -0.497 e. The molecule has 0 saturated carbocycles. The van der Waals surface area contributed by atoms with Crippen molar-refractivity contribution < 1.29 is 9.94 Å². The lowest BCUT2D eigenvalue weighted by molar-refractivity contribution is 0.236. The van der Waals surface area contributed by atoms with E-state index in [1.807, 2.05) is 43.3 Å². The first-order chi connectivity index (χ1) is 12.5. The van der Waals surface area contributed by atoms with Crippen LogP contribution in [0.1, 0.15) is 12.5 Å². The third-order valence-electron chi connectivity index (χ3n) is 3.59. The van der Waals surface area contributed by atoms with Crippen LogP contribution >= 0.6 is 0 Å². The van der Waals surface area contributed by atoms with Crippen molar-refractivity contribution >= 4 is 29.1 Å². The highest BCUT2D eigenvalue weighted by Gasteiger charge is 2.03. The molecule has 2 N–H and O–H groups in total. The molecule has 26 heavy (non-hydrogen) atoms. The lowest BCUT2D eigenvalue weighted by Crippen LogP contribution is -2.26. The molecule has 2 rings (SSSR count). The Kier molecular flexibility index (Phi) is 6.87. The average Bonchev–Trinajstić information content (AvgIpc) is 2.66. The van der Waals surface area contributed by atoms with Crippen molar-refractivity contribution in [3.05, 3.63) is 54.1 Å². The number of nitrogens with zero attached hydrogens (tertiary/aromatic N) is 4. The molecule has 0 saturated heterocycles. The average molecular weight is 353 g/mol. The minimum atomic E-state index is 0.218. The lowest BCUT2D eigenvalue weighted by Gasteiger charge is -2.11. The van der Waals surface area contributed by atoms with Crippen LogP contribution < -0.4 is 15.1 Å². The third-order valence-corrected chi connectivity index (χ3v) is 3.59. The van der Waals surface area contributed by atoms with Crippen LogP contribution in [0.2, 0.25) is 0 Å². The van der Waals surface area contributed by atoms with Crippen LogP contribution in [0.15, 0.2) is 63.7 Å². The second-order valence-electron chi connectivity index (χ2n) is 5.69. The van der Waals surface area contributed by atoms with E-state index in [0.29, 0.717) is 11.4 Å². The second-order valence-corrected chi connectivity index (χ2v) is 5.69. The van der Waals surface area contributed by atoms with Gasteiger partial charge in [-0.15, -0.1) is 0 Å². The van der Waals surface area contributed by atoms with Crippen molar-refractivity contribution in [2.75, 3.05) is 26.1 Å². The van der Waals surface area contributed by atoms with Crippen molar-refractivity contribution in [2.45, 2.75) is 6.92 Å². The van der Waals surface area contributed by atoms with Gasteiger partial charge in [-0.2, -0.15) is 10.2 Å². The van der Waals surface area contributed by atoms with Gasteiger partial charge in [0.2, 0.25) is 0 Å². The van der Waals surface area contributed by atoms with Gasteiger partial charge in [-0.05, 0) is 48.9 Å². The van der Waals surface area contributed by atoms with Gasteiger partial charge in [0.25, 0.3) is 0 Å². The second kappa shape index (κ2) is 9.33. The van der Waals surface area contributed by atoms with E-state index >= 15 is 0 Å². The maximum absolute atomic E-state index is 9.31. The van der Waals surface area contributed by atoms with Crippen molar-refractivity contribution in [3.8, 4) is 5.75 Å². The molecule has 0 atom stereocenters. The summed E-state index contributed by atoms with van der Waals surface area (Å²) in [6, 6.07) is 15.1. The van der Waals surface area contributed by atoms with Crippen LogP contribution in [-0.2, 0) is 0 Å². The van der Waals surface area contributed by atoms with Gasteiger partial charge < -0.3 is 9.64 Å². The van der Waals surface area contributed by atoms with Crippen LogP contribution in [0.25, 0.3) is 0 Å². The first-order valence-electron chi connectivity index (χ1n) is 8.01. The molecule has 0 aromatic heterocycles. The summed E-state index contributed by atoms with van der Waals surface area (Å²) in [4.78, 5) is 6.32. The predicted octanol–water partition coefficient (Wildman–Crippen LogP) is 3.27. The van der Waals surface area contributed by atoms with Gasteiger partial charge in [0.05, 0.1) is 19.0 Å². The van der Waals surface area contributed by atoms with E-state index < -0.39 is 0 Å². The first kappa shape index (κ1) is 19.1. The number of amidine groups is 1. The van der Waals surface area contributed by atoms with E-state index in [9.17, 15) is 5.21 Å². The molecule has 136 valence electrons. The lowest BCUT2D eigenvalue weighted by atomic mass is 10.2. The number of hydrogen-bond donors (Lipinski definition) is 2. The van der Waals surface area contributed by atoms with E-state index in [-0.39, 0.29) is 5.84 Å². The summed E-state index contributed by atoms with van der Waals surface area (Å²) in [6.07, 6.45) is 1.64. The summed E-state index contributed by atoms with van der Waals surface area (Å²) in [6.45, 7) is 1.71. The number of rotatable bonds is 6. The van der Waals surface area contributed by atoms with E-state index in [1.54, 1.807) is 44.5 Å². The quantitative estimate of drug-likeness (QED) is 0.474. The van der Waals surface area contributed by atoms with E-state index in [2.05, 4.69) is 20.7 Å². The van der Waals surface area contributed by atoms with Gasteiger partial charge in [-0.25, -0.2) is 4.99 Å². The molecule has 0 amide bonds. The molecule has 0 bridgehead atoms. The SMILES string of the molecule is COc1ccc(N=C(NO)C(C)=NN=Cc2ccc(N(C)C)cc2)cc1. The molecule has 2 aromatic rings. The molecule has 0 radical (unpaired) electrons. The van der Waals surface area contributed by atoms with Gasteiger partial charge >= 0.3 is 0 Å². The summed E-state index contributed by atoms with van der Waals surface area (Å²) in [7, 11) is 5.58. The van der Waals surface area contributed by atoms with Crippen molar-refractivity contribution in [1.82, 2.24) is 5.48 Å². The van der Waals surface area contributed by atoms with Crippen molar-refractivity contribution in [3.63, 3.8) is 0 Å². The van der Waals surface area contributed by atoms with Crippen LogP contribution in [0, 0.1) is 0 Å². The van der Waals surface area contributed by atoms with Gasteiger partial charge in [0.1, 0.15) is 11.5 Å². The molecule has 0 aliphatic carbocycles. The Bertz CT molecular complexity index is 794. The van der Waals surface area contributed by atoms with Crippen molar-refractivity contribution in [1.29, 1.82) is 0 Å². The molecule has 0 unspecified atom stereocenters. The number of hydroxylamine groups is 1. The fourth-order valence-electron chi connectivity index (χ4n) is 2.06. The summed E-state index contributed by atoms with van der Waals surface area (Å²) in [5.41, 5.74) is 5.20. The van der Waals surface area contributed by atoms with Gasteiger partial charge in [0.15, 0.2) is 5.84 Å². The Morgan fingerprint density at radius 2 is 1.73 bits per heavy atom. The zero-order valence-electron chi connectivity index (χ0n) is 15.3. The normalized spacial score (nSPS) is 12.3. The van der Waals surface area contributed by atoms with E-state index in [4.69, 9.17) is 4.74 Å². The standard InChI is InChI=1S/C19H23N5O2/c1-14(19(23-25)21-16-7-11-18(26-4)12-8-16)22-20-13-15-5-9-17(10-6-15)24(2)3/h5-13,25H,1-4H3,(H,21,23). The highest BCUT2D eigenvalue weighted by atomic mass is 16.5. The maximum atomic E-state index is 9.31. The topological polar surface area (TPSA) is 81.8 Å². The van der Waals surface area contributed by atoms with Crippen LogP contribution in [0.3, 0.4) is 0 Å². The molecule has 0 spiro atoms. The number of methoxy groups -OCH3 is 1. The van der Waals surface area contributed by atoms with Gasteiger partial charge in [-0.3, -0.25) is 10.7 Å². The van der Waals surface area contributed by atoms with Crippen molar-refractivity contribution in [2.24, 2.45) is 15.2 Å². The molecule has 7 nitrogen and oxygen atoms in total. The Labute approximate surface area is 153 Å². The van der Waals surface area contributed by atoms with Gasteiger partial charge in [-0.1, -0.05) is 12.1 Å². The zero-order valence-corrected chi connectivity index (χ0v) is 15.3. The molecule has 0 aliphatic rings. The largest absolute Gasteiger partial charge is 0.497 e. The summed E-state index contributed by atoms with van der Waals surface area (Å²) in [5.74, 6) is 0.952. The van der Waals surface area contributed by atoms with E-state index in [1.165, 1.54) is 0 Å². The summed E-state index contributed by atoms with van der Waals surface area (Å²) in [5, 5.41) is 17.4. The van der Waals surface area contributed by atoms with Crippen LogP contribution in [-0.4, -0.2) is 44.2 Å². The highest BCUT2D eigenvalue weighted by Crippen LogP contribution is 2.17. The Balaban J connectivity index is 2.10. The number of benzene rings is 2. The smallest absolute Gasteiger partial charge is 0.173 e. The zero-order chi connectivity index (χ0) is 18.9. The molecule has 0 heterocycles. The Hall–Kier alpha value is -3.19. The fourth-order valence-corrected chi connectivity index (χ4v) is 2.06. The highest BCUT2D eigenvalue weighted by molar-refractivity contribution is 6.40. The number of ether oxygens (including phenoxy) is 1. The molecular formula is C19H23N5O2. The maximum Gasteiger partial charge on any atom is 0.173 e. The predicted molar refractivity (Wildman–Crippen MR) is 106 cm³/mol. The summed E-state index contributed by atoms with van der Waals surface area (Å²) < 4.78 is 5.10. The first-order valence-corrected chi connectivity index (χ1v) is 8.01. The Morgan fingerprint density at radius 3 is 2.27 bits per heavy atom. The van der Waals surface area contributed by atoms with E-state index in [0.717, 1.165) is 17.0 Å². The molecule has 0 fully saturated rings. The van der Waals surface area contributed by atoms with Crippen LogP contribution in [0.4, 0.5) is 11.4 Å². The number of anilines is 1.